The smallest absolute Gasteiger partial charge is 0.338 e. The highest BCUT2D eigenvalue weighted by Crippen LogP contribution is 2.31. The zero-order valence-corrected chi connectivity index (χ0v) is 13.7. The summed E-state index contributed by atoms with van der Waals surface area (Å²) in [7, 11) is 0. The molecule has 0 radical (unpaired) electrons. The molecule has 2 nitrogen and oxygen atoms in total. The molecule has 1 fully saturated rings. The first kappa shape index (κ1) is 17.8. The number of nitrogens with zero attached hydrogens (tertiary/aromatic N) is 1. The molecular weight excluding hydrogens is 303 g/mol. The van der Waals surface area contributed by atoms with Crippen molar-refractivity contribution >= 4 is 5.91 Å². The Kier molecular flexibility index (Phi) is 5.71. The van der Waals surface area contributed by atoms with Crippen LogP contribution < -0.4 is 0 Å². The topological polar surface area (TPSA) is 20.3 Å². The Labute approximate surface area is 135 Å². The van der Waals surface area contributed by atoms with Crippen molar-refractivity contribution in [1.82, 2.24) is 4.90 Å². The number of hydrogen-bond donors (Lipinski definition) is 0. The van der Waals surface area contributed by atoms with E-state index in [0.29, 0.717) is 30.9 Å². The van der Waals surface area contributed by atoms with Crippen LogP contribution in [0.1, 0.15) is 49.0 Å². The standard InChI is InChI=1S/C18H24F3NO/c1-13(2)10-15-7-3-4-8-16(15)17(23)22-9-5-6-14(12-22)11-18(19,20)21/h3-4,7-8,13-14H,5-6,9-12H2,1-2H3. The first-order chi connectivity index (χ1) is 10.8. The van der Waals surface area contributed by atoms with Crippen molar-refractivity contribution in [2.24, 2.45) is 11.8 Å². The summed E-state index contributed by atoms with van der Waals surface area (Å²) >= 11 is 0. The summed E-state index contributed by atoms with van der Waals surface area (Å²) in [6.45, 7) is 4.92. The van der Waals surface area contributed by atoms with Gasteiger partial charge in [0.25, 0.3) is 5.91 Å². The van der Waals surface area contributed by atoms with E-state index in [1.807, 2.05) is 18.2 Å². The van der Waals surface area contributed by atoms with Gasteiger partial charge in [-0.15, -0.1) is 0 Å². The van der Waals surface area contributed by atoms with Crippen molar-refractivity contribution in [2.75, 3.05) is 13.1 Å². The van der Waals surface area contributed by atoms with E-state index >= 15 is 0 Å². The molecule has 128 valence electrons. The van der Waals surface area contributed by atoms with Gasteiger partial charge in [-0.1, -0.05) is 32.0 Å². The first-order valence-corrected chi connectivity index (χ1v) is 8.20. The second kappa shape index (κ2) is 7.37. The number of hydrogen-bond acceptors (Lipinski definition) is 1. The van der Waals surface area contributed by atoms with Gasteiger partial charge in [-0.2, -0.15) is 13.2 Å². The van der Waals surface area contributed by atoms with E-state index in [0.717, 1.165) is 12.0 Å². The fraction of sp³-hybridized carbons (Fsp3) is 0.611. The SMILES string of the molecule is CC(C)Cc1ccccc1C(=O)N1CCCC(CC(F)(F)F)C1. The molecule has 2 rings (SSSR count). The Bertz CT molecular complexity index is 539. The Balaban J connectivity index is 2.11. The van der Waals surface area contributed by atoms with E-state index in [2.05, 4.69) is 13.8 Å². The third-order valence-corrected chi connectivity index (χ3v) is 4.20. The van der Waals surface area contributed by atoms with Gasteiger partial charge in [0.1, 0.15) is 0 Å². The van der Waals surface area contributed by atoms with Crippen molar-refractivity contribution in [3.8, 4) is 0 Å². The van der Waals surface area contributed by atoms with Gasteiger partial charge in [-0.3, -0.25) is 4.79 Å². The van der Waals surface area contributed by atoms with Crippen LogP contribution >= 0.6 is 0 Å². The van der Waals surface area contributed by atoms with E-state index in [9.17, 15) is 18.0 Å². The molecule has 1 unspecified atom stereocenters. The number of amides is 1. The number of benzene rings is 1. The molecule has 1 aliphatic heterocycles. The highest BCUT2D eigenvalue weighted by molar-refractivity contribution is 5.95. The number of rotatable bonds is 4. The molecule has 1 aromatic carbocycles. The van der Waals surface area contributed by atoms with Crippen molar-refractivity contribution in [3.63, 3.8) is 0 Å². The third kappa shape index (κ3) is 5.26. The van der Waals surface area contributed by atoms with Crippen molar-refractivity contribution in [2.45, 2.75) is 45.7 Å². The van der Waals surface area contributed by atoms with E-state index in [-0.39, 0.29) is 12.5 Å². The average Bonchev–Trinajstić information content (AvgIpc) is 2.45. The minimum Gasteiger partial charge on any atom is -0.338 e. The lowest BCUT2D eigenvalue weighted by Crippen LogP contribution is -2.41. The molecule has 1 aliphatic rings. The van der Waals surface area contributed by atoms with Gasteiger partial charge in [0.2, 0.25) is 0 Å². The normalized spacial score (nSPS) is 19.2. The van der Waals surface area contributed by atoms with Gasteiger partial charge >= 0.3 is 6.18 Å². The fourth-order valence-corrected chi connectivity index (χ4v) is 3.26. The molecule has 1 atom stereocenters. The molecule has 0 N–H and O–H groups in total. The summed E-state index contributed by atoms with van der Waals surface area (Å²) in [4.78, 5) is 14.4. The summed E-state index contributed by atoms with van der Waals surface area (Å²) in [5, 5.41) is 0. The predicted molar refractivity (Wildman–Crippen MR) is 84.3 cm³/mol. The second-order valence-corrected chi connectivity index (χ2v) is 6.83. The highest BCUT2D eigenvalue weighted by Gasteiger charge is 2.35. The number of carbonyl (C=O) groups is 1. The Morgan fingerprint density at radius 2 is 2.00 bits per heavy atom. The molecule has 5 heteroatoms. The quantitative estimate of drug-likeness (QED) is 0.785. The second-order valence-electron chi connectivity index (χ2n) is 6.83. The summed E-state index contributed by atoms with van der Waals surface area (Å²) in [6.07, 6.45) is -2.99. The average molecular weight is 327 g/mol. The fourth-order valence-electron chi connectivity index (χ4n) is 3.26. The molecule has 0 spiro atoms. The molecule has 0 aliphatic carbocycles. The molecule has 0 aromatic heterocycles. The van der Waals surface area contributed by atoms with E-state index in [1.54, 1.807) is 11.0 Å². The number of likely N-dealkylation sites (tertiary alicyclic amines) is 1. The lowest BCUT2D eigenvalue weighted by atomic mass is 9.92. The summed E-state index contributed by atoms with van der Waals surface area (Å²) in [5.74, 6) is -0.193. The number of carbonyl (C=O) groups excluding carboxylic acids is 1. The van der Waals surface area contributed by atoms with Gasteiger partial charge in [0, 0.05) is 25.1 Å². The molecule has 0 bridgehead atoms. The minimum absolute atomic E-state index is 0.131. The monoisotopic (exact) mass is 327 g/mol. The Morgan fingerprint density at radius 3 is 2.65 bits per heavy atom. The van der Waals surface area contributed by atoms with Crippen LogP contribution in [-0.2, 0) is 6.42 Å². The predicted octanol–water partition coefficient (Wildman–Crippen LogP) is 4.69. The highest BCUT2D eigenvalue weighted by atomic mass is 19.4. The van der Waals surface area contributed by atoms with Crippen LogP contribution in [0.25, 0.3) is 0 Å². The van der Waals surface area contributed by atoms with Crippen LogP contribution in [0, 0.1) is 11.8 Å². The van der Waals surface area contributed by atoms with E-state index < -0.39 is 18.5 Å². The summed E-state index contributed by atoms with van der Waals surface area (Å²) in [5.41, 5.74) is 1.61. The third-order valence-electron chi connectivity index (χ3n) is 4.20. The van der Waals surface area contributed by atoms with Crippen LogP contribution in [0.3, 0.4) is 0 Å². The van der Waals surface area contributed by atoms with E-state index in [1.165, 1.54) is 0 Å². The molecule has 0 saturated carbocycles. The zero-order valence-electron chi connectivity index (χ0n) is 13.7. The molecular formula is C18H24F3NO. The summed E-state index contributed by atoms with van der Waals surface area (Å²) < 4.78 is 37.8. The van der Waals surface area contributed by atoms with Crippen molar-refractivity contribution in [1.29, 1.82) is 0 Å². The maximum Gasteiger partial charge on any atom is 0.389 e. The number of halogens is 3. The number of piperidine rings is 1. The minimum atomic E-state index is -4.16. The molecule has 1 aromatic rings. The van der Waals surface area contributed by atoms with E-state index in [4.69, 9.17) is 0 Å². The lowest BCUT2D eigenvalue weighted by Gasteiger charge is -2.33. The summed E-state index contributed by atoms with van der Waals surface area (Å²) in [6, 6.07) is 7.43. The lowest BCUT2D eigenvalue weighted by molar-refractivity contribution is -0.147. The van der Waals surface area contributed by atoms with Gasteiger partial charge in [0.05, 0.1) is 0 Å². The maximum atomic E-state index is 12.8. The van der Waals surface area contributed by atoms with Gasteiger partial charge < -0.3 is 4.90 Å². The molecule has 1 heterocycles. The first-order valence-electron chi connectivity index (χ1n) is 8.20. The molecule has 1 saturated heterocycles. The van der Waals surface area contributed by atoms with Gasteiger partial charge in [0.15, 0.2) is 0 Å². The van der Waals surface area contributed by atoms with Gasteiger partial charge in [-0.25, -0.2) is 0 Å². The van der Waals surface area contributed by atoms with Crippen LogP contribution in [0.4, 0.5) is 13.2 Å². The zero-order chi connectivity index (χ0) is 17.0. The van der Waals surface area contributed by atoms with Gasteiger partial charge in [-0.05, 0) is 42.7 Å². The maximum absolute atomic E-state index is 12.8. The van der Waals surface area contributed by atoms with Crippen molar-refractivity contribution in [3.05, 3.63) is 35.4 Å². The van der Waals surface area contributed by atoms with Crippen LogP contribution in [-0.4, -0.2) is 30.1 Å². The number of alkyl halides is 3. The Morgan fingerprint density at radius 1 is 1.30 bits per heavy atom. The Hall–Kier alpha value is -1.52. The largest absolute Gasteiger partial charge is 0.389 e. The van der Waals surface area contributed by atoms with Crippen LogP contribution in [0.15, 0.2) is 24.3 Å². The van der Waals surface area contributed by atoms with Crippen molar-refractivity contribution < 1.29 is 18.0 Å². The van der Waals surface area contributed by atoms with Crippen LogP contribution in [0.5, 0.6) is 0 Å². The molecule has 1 amide bonds. The molecule has 23 heavy (non-hydrogen) atoms. The van der Waals surface area contributed by atoms with Crippen LogP contribution in [0.2, 0.25) is 0 Å².